The number of halogens is 2. The number of nitrogens with one attached hydrogen (secondary N) is 1. The van der Waals surface area contributed by atoms with Crippen LogP contribution in [0.5, 0.6) is 5.75 Å². The van der Waals surface area contributed by atoms with Crippen LogP contribution in [-0.2, 0) is 21.3 Å². The molecule has 1 atom stereocenters. The van der Waals surface area contributed by atoms with Gasteiger partial charge in [0.25, 0.3) is 0 Å². The molecule has 0 spiro atoms. The Balaban J connectivity index is 1.51. The molecule has 0 aliphatic carbocycles. The minimum Gasteiger partial charge on any atom is -0.489 e. The molecule has 0 amide bonds. The highest BCUT2D eigenvalue weighted by atomic mass is 35.5. The zero-order valence-corrected chi connectivity index (χ0v) is 21.5. The zero-order chi connectivity index (χ0) is 25.0. The summed E-state index contributed by atoms with van der Waals surface area (Å²) in [6.07, 6.45) is 2.91. The van der Waals surface area contributed by atoms with Crippen molar-refractivity contribution >= 4 is 44.1 Å². The van der Waals surface area contributed by atoms with E-state index >= 15 is 0 Å². The lowest BCUT2D eigenvalue weighted by atomic mass is 10.1. The number of nitriles is 1. The van der Waals surface area contributed by atoms with Gasteiger partial charge in [-0.15, -0.1) is 11.6 Å². The normalized spacial score (nSPS) is 16.9. The maximum absolute atomic E-state index is 11.4. The summed E-state index contributed by atoms with van der Waals surface area (Å²) in [5, 5.41) is 11.0. The van der Waals surface area contributed by atoms with Crippen LogP contribution in [0.25, 0.3) is 16.6 Å². The quantitative estimate of drug-likeness (QED) is 0.420. The molecule has 0 radical (unpaired) electrons. The van der Waals surface area contributed by atoms with Crippen molar-refractivity contribution in [3.63, 3.8) is 0 Å². The molecule has 3 aromatic rings. The van der Waals surface area contributed by atoms with Gasteiger partial charge in [-0.2, -0.15) is 5.26 Å². The first-order valence-corrected chi connectivity index (χ1v) is 13.9. The maximum Gasteiger partial charge on any atom is 0.208 e. The Kier molecular flexibility index (Phi) is 8.22. The summed E-state index contributed by atoms with van der Waals surface area (Å²) in [7, 11) is -3.25. The monoisotopic (exact) mass is 536 g/mol. The summed E-state index contributed by atoms with van der Waals surface area (Å²) >= 11 is 12.1. The number of benzene rings is 2. The van der Waals surface area contributed by atoms with Gasteiger partial charge in [-0.25, -0.2) is 13.1 Å². The highest BCUT2D eigenvalue weighted by Gasteiger charge is 2.22. The van der Waals surface area contributed by atoms with E-state index in [9.17, 15) is 13.7 Å². The van der Waals surface area contributed by atoms with Crippen molar-refractivity contribution in [2.45, 2.75) is 12.6 Å². The third-order valence-corrected chi connectivity index (χ3v) is 6.83. The molecule has 2 heterocycles. The van der Waals surface area contributed by atoms with E-state index in [0.717, 1.165) is 41.5 Å². The third kappa shape index (κ3) is 6.47. The fourth-order valence-corrected chi connectivity index (χ4v) is 4.99. The largest absolute Gasteiger partial charge is 0.489 e. The fourth-order valence-electron chi connectivity index (χ4n) is 4.15. The molecule has 1 fully saturated rings. The topological polar surface area (TPSA) is 96.6 Å². The van der Waals surface area contributed by atoms with E-state index in [1.807, 2.05) is 22.9 Å². The lowest BCUT2D eigenvalue weighted by molar-refractivity contribution is -0.0276. The maximum atomic E-state index is 11.4. The predicted molar refractivity (Wildman–Crippen MR) is 137 cm³/mol. The highest BCUT2D eigenvalue weighted by molar-refractivity contribution is 7.88. The predicted octanol–water partition coefficient (Wildman–Crippen LogP) is 3.52. The van der Waals surface area contributed by atoms with Gasteiger partial charge in [-0.05, 0) is 35.9 Å². The van der Waals surface area contributed by atoms with Gasteiger partial charge in [0.2, 0.25) is 10.0 Å². The lowest BCUT2D eigenvalue weighted by Crippen LogP contribution is -2.46. The van der Waals surface area contributed by atoms with Crippen LogP contribution in [0.3, 0.4) is 0 Å². The molecule has 2 aromatic carbocycles. The Hall–Kier alpha value is -2.32. The molecule has 0 bridgehead atoms. The van der Waals surface area contributed by atoms with Crippen LogP contribution >= 0.6 is 23.2 Å². The molecule has 1 N–H and O–H groups in total. The number of fused-ring (bicyclic) bond motifs is 1. The molecule has 0 saturated carbocycles. The van der Waals surface area contributed by atoms with E-state index in [4.69, 9.17) is 32.7 Å². The molecule has 1 aliphatic rings. The Morgan fingerprint density at radius 2 is 2.11 bits per heavy atom. The summed E-state index contributed by atoms with van der Waals surface area (Å²) < 4.78 is 38.5. The van der Waals surface area contributed by atoms with E-state index in [0.29, 0.717) is 35.4 Å². The van der Waals surface area contributed by atoms with E-state index in [1.165, 1.54) is 0 Å². The Bertz CT molecular complexity index is 1350. The first kappa shape index (κ1) is 25.8. The molecule has 1 aliphatic heterocycles. The number of alkyl halides is 1. The van der Waals surface area contributed by atoms with Crippen molar-refractivity contribution in [3.05, 3.63) is 58.7 Å². The molecule has 11 heteroatoms. The standard InChI is InChI=1S/C24H26Cl2N4O4S/c1-35(31,32)28-14-21-16-29(7-9-33-21)15-17-2-3-23-18(10-17)4-6-30(23)20-11-19(13-27)24(22(26)12-20)34-8-5-25/h2-4,6,10-12,21,28H,5,7-9,14-16H2,1H3. The summed E-state index contributed by atoms with van der Waals surface area (Å²) in [4.78, 5) is 2.26. The third-order valence-electron chi connectivity index (χ3n) is 5.71. The number of nitrogens with zero attached hydrogens (tertiary/aromatic N) is 3. The second kappa shape index (κ2) is 11.2. The van der Waals surface area contributed by atoms with Crippen molar-refractivity contribution in [1.82, 2.24) is 14.2 Å². The molecular formula is C24H26Cl2N4O4S. The average molecular weight is 537 g/mol. The molecule has 1 saturated heterocycles. The van der Waals surface area contributed by atoms with Gasteiger partial charge in [-0.3, -0.25) is 4.90 Å². The van der Waals surface area contributed by atoms with Crippen molar-refractivity contribution in [1.29, 1.82) is 5.26 Å². The highest BCUT2D eigenvalue weighted by Crippen LogP contribution is 2.33. The van der Waals surface area contributed by atoms with Crippen LogP contribution in [0.2, 0.25) is 5.02 Å². The van der Waals surface area contributed by atoms with Gasteiger partial charge in [0.15, 0.2) is 5.75 Å². The Labute approximate surface area is 215 Å². The van der Waals surface area contributed by atoms with Crippen LogP contribution in [-0.4, -0.2) is 69.0 Å². The summed E-state index contributed by atoms with van der Waals surface area (Å²) in [6, 6.07) is 14.0. The molecule has 4 rings (SSSR count). The van der Waals surface area contributed by atoms with Crippen LogP contribution in [0.1, 0.15) is 11.1 Å². The van der Waals surface area contributed by atoms with Crippen LogP contribution in [0, 0.1) is 11.3 Å². The number of ether oxygens (including phenoxy) is 2. The number of rotatable bonds is 9. The van der Waals surface area contributed by atoms with Crippen LogP contribution in [0.4, 0.5) is 0 Å². The van der Waals surface area contributed by atoms with E-state index in [-0.39, 0.29) is 19.3 Å². The molecule has 1 aromatic heterocycles. The van der Waals surface area contributed by atoms with Gasteiger partial charge in [0.1, 0.15) is 12.7 Å². The smallest absolute Gasteiger partial charge is 0.208 e. The average Bonchev–Trinajstić information content (AvgIpc) is 3.24. The van der Waals surface area contributed by atoms with E-state index < -0.39 is 10.0 Å². The first-order valence-electron chi connectivity index (χ1n) is 11.1. The van der Waals surface area contributed by atoms with Crippen LogP contribution in [0.15, 0.2) is 42.6 Å². The molecule has 186 valence electrons. The second-order valence-corrected chi connectivity index (χ2v) is 11.0. The minimum atomic E-state index is -3.25. The second-order valence-electron chi connectivity index (χ2n) is 8.38. The fraction of sp³-hybridized carbons (Fsp3) is 0.375. The summed E-state index contributed by atoms with van der Waals surface area (Å²) in [6.45, 7) is 3.25. The van der Waals surface area contributed by atoms with Gasteiger partial charge in [0.05, 0.1) is 40.9 Å². The van der Waals surface area contributed by atoms with E-state index in [2.05, 4.69) is 27.8 Å². The van der Waals surface area contributed by atoms with E-state index in [1.54, 1.807) is 12.1 Å². The van der Waals surface area contributed by atoms with Gasteiger partial charge < -0.3 is 14.0 Å². The lowest BCUT2D eigenvalue weighted by Gasteiger charge is -2.33. The van der Waals surface area contributed by atoms with Crippen molar-refractivity contribution in [2.24, 2.45) is 0 Å². The van der Waals surface area contributed by atoms with Gasteiger partial charge >= 0.3 is 0 Å². The number of morpholine rings is 1. The Morgan fingerprint density at radius 3 is 2.86 bits per heavy atom. The first-order chi connectivity index (χ1) is 16.8. The van der Waals surface area contributed by atoms with Crippen LogP contribution < -0.4 is 9.46 Å². The summed E-state index contributed by atoms with van der Waals surface area (Å²) in [5.74, 6) is 0.642. The number of sulfonamides is 1. The molecule has 35 heavy (non-hydrogen) atoms. The number of hydrogen-bond acceptors (Lipinski definition) is 6. The SMILES string of the molecule is CS(=O)(=O)NCC1CN(Cc2ccc3c(ccn3-c3cc(Cl)c(OCCCl)c(C#N)c3)c2)CCO1. The number of hydrogen-bond donors (Lipinski definition) is 1. The molecule has 1 unspecified atom stereocenters. The Morgan fingerprint density at radius 1 is 1.29 bits per heavy atom. The summed E-state index contributed by atoms with van der Waals surface area (Å²) in [5.41, 5.74) is 3.25. The van der Waals surface area contributed by atoms with Crippen molar-refractivity contribution in [3.8, 4) is 17.5 Å². The minimum absolute atomic E-state index is 0.182. The van der Waals surface area contributed by atoms with Gasteiger partial charge in [-0.1, -0.05) is 17.7 Å². The number of aromatic nitrogens is 1. The van der Waals surface area contributed by atoms with Gasteiger partial charge in [0, 0.05) is 43.4 Å². The van der Waals surface area contributed by atoms with Crippen molar-refractivity contribution < 1.29 is 17.9 Å². The molecular weight excluding hydrogens is 511 g/mol. The molecule has 8 nitrogen and oxygen atoms in total. The zero-order valence-electron chi connectivity index (χ0n) is 19.2. The van der Waals surface area contributed by atoms with Crippen molar-refractivity contribution in [2.75, 3.05) is 45.0 Å².